The van der Waals surface area contributed by atoms with Crippen molar-refractivity contribution in [3.8, 4) is 0 Å². The van der Waals surface area contributed by atoms with Crippen LogP contribution >= 0.6 is 0 Å². The number of nitrogens with zero attached hydrogens (tertiary/aromatic N) is 3. The average molecular weight is 277 g/mol. The number of hydrogen-bond acceptors (Lipinski definition) is 4. The molecule has 2 atom stereocenters. The Morgan fingerprint density at radius 1 is 1.20 bits per heavy atom. The lowest BCUT2D eigenvalue weighted by atomic mass is 9.83. The van der Waals surface area contributed by atoms with Crippen LogP contribution in [0, 0.1) is 0 Å². The molecule has 2 unspecified atom stereocenters. The molecule has 112 valence electrons. The summed E-state index contributed by atoms with van der Waals surface area (Å²) in [6.07, 6.45) is 6.33. The summed E-state index contributed by atoms with van der Waals surface area (Å²) < 4.78 is 0. The second-order valence-electron chi connectivity index (χ2n) is 6.70. The molecule has 3 rings (SSSR count). The Morgan fingerprint density at radius 3 is 2.45 bits per heavy atom. The Hall–Kier alpha value is -1.10. The molecule has 0 bridgehead atoms. The monoisotopic (exact) mass is 277 g/mol. The highest BCUT2D eigenvalue weighted by atomic mass is 15.4. The van der Waals surface area contributed by atoms with Crippen LogP contribution in [-0.2, 0) is 5.41 Å². The fourth-order valence-corrected chi connectivity index (χ4v) is 3.93. The molecule has 0 aromatic carbocycles. The van der Waals surface area contributed by atoms with Gasteiger partial charge in [0.25, 0.3) is 0 Å². The van der Waals surface area contributed by atoms with Crippen LogP contribution in [0.2, 0.25) is 0 Å². The Kier molecular flexibility index (Phi) is 3.71. The molecule has 5 nitrogen and oxygen atoms in total. The van der Waals surface area contributed by atoms with Gasteiger partial charge in [-0.15, -0.1) is 5.10 Å². The molecule has 2 aliphatic rings. The number of piperazine rings is 1. The first kappa shape index (κ1) is 13.9. The molecule has 1 aliphatic carbocycles. The predicted octanol–water partition coefficient (Wildman–Crippen LogP) is 2.21. The van der Waals surface area contributed by atoms with Crippen molar-refractivity contribution in [1.29, 1.82) is 0 Å². The van der Waals surface area contributed by atoms with E-state index in [2.05, 4.69) is 41.2 Å². The van der Waals surface area contributed by atoms with Crippen molar-refractivity contribution in [1.82, 2.24) is 20.5 Å². The second-order valence-corrected chi connectivity index (χ2v) is 6.70. The molecule has 20 heavy (non-hydrogen) atoms. The Bertz CT molecular complexity index is 439. The molecule has 1 aliphatic heterocycles. The van der Waals surface area contributed by atoms with E-state index in [9.17, 15) is 0 Å². The summed E-state index contributed by atoms with van der Waals surface area (Å²) in [5.74, 6) is 2.01. The summed E-state index contributed by atoms with van der Waals surface area (Å²) in [7, 11) is 0. The van der Waals surface area contributed by atoms with Gasteiger partial charge in [-0.25, -0.2) is 0 Å². The number of H-pyrrole nitrogens is 1. The molecule has 1 aromatic heterocycles. The summed E-state index contributed by atoms with van der Waals surface area (Å²) in [5.41, 5.74) is 0.260. The molecule has 1 saturated carbocycles. The van der Waals surface area contributed by atoms with Crippen LogP contribution in [-0.4, -0.2) is 40.4 Å². The number of anilines is 1. The average Bonchev–Trinajstić information content (AvgIpc) is 3.07. The van der Waals surface area contributed by atoms with E-state index >= 15 is 0 Å². The lowest BCUT2D eigenvalue weighted by molar-refractivity contribution is 0.397. The van der Waals surface area contributed by atoms with Crippen LogP contribution < -0.4 is 10.2 Å². The van der Waals surface area contributed by atoms with Crippen LogP contribution in [0.3, 0.4) is 0 Å². The lowest BCUT2D eigenvalue weighted by Gasteiger charge is -2.35. The van der Waals surface area contributed by atoms with Gasteiger partial charge in [-0.2, -0.15) is 4.98 Å². The molecule has 1 aromatic rings. The van der Waals surface area contributed by atoms with E-state index in [0.29, 0.717) is 12.1 Å². The van der Waals surface area contributed by atoms with Crippen LogP contribution in [0.1, 0.15) is 58.7 Å². The van der Waals surface area contributed by atoms with Crippen molar-refractivity contribution >= 4 is 5.95 Å². The summed E-state index contributed by atoms with van der Waals surface area (Å²) in [6.45, 7) is 8.70. The van der Waals surface area contributed by atoms with Crippen molar-refractivity contribution < 1.29 is 0 Å². The van der Waals surface area contributed by atoms with Gasteiger partial charge in [-0.1, -0.05) is 19.8 Å². The molecule has 2 fully saturated rings. The van der Waals surface area contributed by atoms with Gasteiger partial charge in [0.2, 0.25) is 5.95 Å². The van der Waals surface area contributed by atoms with Crippen molar-refractivity contribution in [2.45, 2.75) is 70.4 Å². The number of hydrogen-bond donors (Lipinski definition) is 2. The number of nitrogens with one attached hydrogen (secondary N) is 2. The van der Waals surface area contributed by atoms with Gasteiger partial charge in [0.05, 0.1) is 0 Å². The first-order valence-corrected chi connectivity index (χ1v) is 8.07. The predicted molar refractivity (Wildman–Crippen MR) is 81.1 cm³/mol. The number of aromatic amines is 1. The largest absolute Gasteiger partial charge is 0.336 e. The van der Waals surface area contributed by atoms with E-state index in [0.717, 1.165) is 31.3 Å². The highest BCUT2D eigenvalue weighted by molar-refractivity contribution is 5.32. The van der Waals surface area contributed by atoms with E-state index in [4.69, 9.17) is 4.98 Å². The molecule has 1 saturated heterocycles. The molecule has 0 spiro atoms. The van der Waals surface area contributed by atoms with E-state index in [-0.39, 0.29) is 5.41 Å². The van der Waals surface area contributed by atoms with E-state index in [1.54, 1.807) is 0 Å². The molecule has 0 amide bonds. The third kappa shape index (κ3) is 2.43. The van der Waals surface area contributed by atoms with E-state index < -0.39 is 0 Å². The standard InChI is InChI=1S/C15H27N5/c1-4-15(7-5-6-8-15)13-17-14(19-18-13)20-9-11(2)16-12(3)10-20/h11-12,16H,4-10H2,1-3H3,(H,17,18,19). The Morgan fingerprint density at radius 2 is 1.85 bits per heavy atom. The topological polar surface area (TPSA) is 56.8 Å². The first-order valence-electron chi connectivity index (χ1n) is 8.07. The minimum Gasteiger partial charge on any atom is -0.336 e. The van der Waals surface area contributed by atoms with Gasteiger partial charge in [0, 0.05) is 30.6 Å². The first-order chi connectivity index (χ1) is 9.63. The highest BCUT2D eigenvalue weighted by Crippen LogP contribution is 2.42. The third-order valence-electron chi connectivity index (χ3n) is 5.05. The summed E-state index contributed by atoms with van der Waals surface area (Å²) >= 11 is 0. The second kappa shape index (κ2) is 5.35. The van der Waals surface area contributed by atoms with Crippen LogP contribution in [0.5, 0.6) is 0 Å². The highest BCUT2D eigenvalue weighted by Gasteiger charge is 2.37. The Labute approximate surface area is 121 Å². The van der Waals surface area contributed by atoms with Crippen LogP contribution in [0.25, 0.3) is 0 Å². The van der Waals surface area contributed by atoms with Gasteiger partial charge in [-0.3, -0.25) is 5.10 Å². The Balaban J connectivity index is 1.79. The third-order valence-corrected chi connectivity index (χ3v) is 5.05. The maximum absolute atomic E-state index is 4.86. The van der Waals surface area contributed by atoms with Gasteiger partial charge in [0.1, 0.15) is 5.82 Å². The van der Waals surface area contributed by atoms with Crippen molar-refractivity contribution in [2.24, 2.45) is 0 Å². The summed E-state index contributed by atoms with van der Waals surface area (Å²) in [4.78, 5) is 7.17. The van der Waals surface area contributed by atoms with Gasteiger partial charge >= 0.3 is 0 Å². The summed E-state index contributed by atoms with van der Waals surface area (Å²) in [5, 5.41) is 11.3. The fourth-order valence-electron chi connectivity index (χ4n) is 3.93. The van der Waals surface area contributed by atoms with E-state index in [1.165, 1.54) is 25.7 Å². The van der Waals surface area contributed by atoms with Gasteiger partial charge in [-0.05, 0) is 33.1 Å². The van der Waals surface area contributed by atoms with Crippen molar-refractivity contribution in [3.05, 3.63) is 5.82 Å². The molecule has 0 radical (unpaired) electrons. The maximum atomic E-state index is 4.86. The minimum atomic E-state index is 0.260. The van der Waals surface area contributed by atoms with Crippen molar-refractivity contribution in [2.75, 3.05) is 18.0 Å². The van der Waals surface area contributed by atoms with Gasteiger partial charge in [0.15, 0.2) is 0 Å². The zero-order valence-electron chi connectivity index (χ0n) is 12.9. The fraction of sp³-hybridized carbons (Fsp3) is 0.867. The normalized spacial score (nSPS) is 29.9. The molecule has 2 heterocycles. The summed E-state index contributed by atoms with van der Waals surface area (Å²) in [6, 6.07) is 0.986. The van der Waals surface area contributed by atoms with Crippen molar-refractivity contribution in [3.63, 3.8) is 0 Å². The molecule has 2 N–H and O–H groups in total. The zero-order chi connectivity index (χ0) is 14.2. The van der Waals surface area contributed by atoms with Crippen LogP contribution in [0.4, 0.5) is 5.95 Å². The van der Waals surface area contributed by atoms with E-state index in [1.807, 2.05) is 0 Å². The number of rotatable bonds is 3. The lowest BCUT2D eigenvalue weighted by Crippen LogP contribution is -2.54. The molecular weight excluding hydrogens is 250 g/mol. The smallest absolute Gasteiger partial charge is 0.244 e. The van der Waals surface area contributed by atoms with Gasteiger partial charge < -0.3 is 10.2 Å². The zero-order valence-corrected chi connectivity index (χ0v) is 12.9. The quantitative estimate of drug-likeness (QED) is 0.889. The molecular formula is C15H27N5. The maximum Gasteiger partial charge on any atom is 0.244 e. The minimum absolute atomic E-state index is 0.260. The molecule has 5 heteroatoms. The number of aromatic nitrogens is 3. The van der Waals surface area contributed by atoms with Crippen LogP contribution in [0.15, 0.2) is 0 Å². The SMILES string of the molecule is CCC1(c2nc(N3CC(C)NC(C)C3)n[nH]2)CCCC1.